The fourth-order valence-electron chi connectivity index (χ4n) is 4.69. The first kappa shape index (κ1) is 25.6. The van der Waals surface area contributed by atoms with Gasteiger partial charge in [0.15, 0.2) is 6.29 Å². The first-order valence-corrected chi connectivity index (χ1v) is 12.6. The van der Waals surface area contributed by atoms with Gasteiger partial charge in [0.1, 0.15) is 30.0 Å². The molecule has 0 aromatic carbocycles. The van der Waals surface area contributed by atoms with Gasteiger partial charge in [0.25, 0.3) is 0 Å². The van der Waals surface area contributed by atoms with Crippen molar-refractivity contribution in [1.82, 2.24) is 14.9 Å². The van der Waals surface area contributed by atoms with Crippen LogP contribution in [0.5, 0.6) is 0 Å². The summed E-state index contributed by atoms with van der Waals surface area (Å²) in [5, 5.41) is 15.5. The number of anilines is 3. The van der Waals surface area contributed by atoms with E-state index in [1.807, 2.05) is 6.07 Å². The maximum Gasteiger partial charge on any atom is 0.328 e. The lowest BCUT2D eigenvalue weighted by atomic mass is 10.0. The van der Waals surface area contributed by atoms with Crippen molar-refractivity contribution in [1.29, 1.82) is 5.26 Å². The van der Waals surface area contributed by atoms with Gasteiger partial charge in [0.05, 0.1) is 23.5 Å². The minimum atomic E-state index is -0.440. The molecule has 0 unspecified atom stereocenters. The highest BCUT2D eigenvalue weighted by molar-refractivity contribution is 6.02. The van der Waals surface area contributed by atoms with Crippen LogP contribution in [0, 0.1) is 11.3 Å². The summed E-state index contributed by atoms with van der Waals surface area (Å²) < 4.78 is 10.7. The average Bonchev–Trinajstić information content (AvgIpc) is 3.73. The number of aryl methyl sites for hydroxylation is 1. The zero-order chi connectivity index (χ0) is 26.7. The molecular weight excluding hydrogens is 490 g/mol. The summed E-state index contributed by atoms with van der Waals surface area (Å²) in [5.41, 5.74) is 2.37. The molecule has 12 heteroatoms. The zero-order valence-corrected chi connectivity index (χ0v) is 21.2. The maximum atomic E-state index is 13.3. The van der Waals surface area contributed by atoms with Crippen molar-refractivity contribution in [3.63, 3.8) is 0 Å². The second-order valence-electron chi connectivity index (χ2n) is 9.65. The number of hydrogen-bond donors (Lipinski definition) is 2. The summed E-state index contributed by atoms with van der Waals surface area (Å²) in [7, 11) is 1.67. The van der Waals surface area contributed by atoms with Gasteiger partial charge in [-0.3, -0.25) is 19.8 Å². The summed E-state index contributed by atoms with van der Waals surface area (Å²) in [4.78, 5) is 49.2. The maximum absolute atomic E-state index is 13.3. The second kappa shape index (κ2) is 10.7. The van der Waals surface area contributed by atoms with Gasteiger partial charge in [0.2, 0.25) is 5.91 Å². The number of amides is 3. The van der Waals surface area contributed by atoms with Crippen molar-refractivity contribution >= 4 is 35.5 Å². The van der Waals surface area contributed by atoms with E-state index in [-0.39, 0.29) is 36.2 Å². The number of rotatable bonds is 8. The number of aromatic nitrogens is 2. The Morgan fingerprint density at radius 2 is 2.18 bits per heavy atom. The van der Waals surface area contributed by atoms with Crippen LogP contribution in [0.25, 0.3) is 0 Å². The lowest BCUT2D eigenvalue weighted by molar-refractivity contribution is -0.143. The highest BCUT2D eigenvalue weighted by Crippen LogP contribution is 2.39. The molecule has 0 radical (unpaired) electrons. The quantitative estimate of drug-likeness (QED) is 0.500. The topological polar surface area (TPSA) is 150 Å². The number of carbonyl (C=O) groups is 3. The Morgan fingerprint density at radius 3 is 2.89 bits per heavy atom. The van der Waals surface area contributed by atoms with E-state index in [0.717, 1.165) is 18.4 Å². The number of methoxy groups -OCH3 is 1. The molecule has 3 aliphatic rings. The van der Waals surface area contributed by atoms with E-state index in [2.05, 4.69) is 26.7 Å². The Labute approximate surface area is 219 Å². The zero-order valence-electron chi connectivity index (χ0n) is 21.2. The van der Waals surface area contributed by atoms with Crippen LogP contribution in [0.1, 0.15) is 46.4 Å². The standard InChI is InChI=1S/C26H29N7O5/c1-37-26(4-5-26)16-29-20-10-22(28-12-19(20)11-27)31-25(36)33-6-2-3-17-9-18(21(14-34)30-24(17)33)13-32-7-8-38-15-23(32)35/h9-10,12,14H,2-8,13,15-16H2,1H3,(H2,28,29,31,36). The van der Waals surface area contributed by atoms with Crippen LogP contribution in [-0.4, -0.2) is 78.7 Å². The fourth-order valence-corrected chi connectivity index (χ4v) is 4.69. The monoisotopic (exact) mass is 519 g/mol. The van der Waals surface area contributed by atoms with Gasteiger partial charge >= 0.3 is 6.03 Å². The predicted octanol–water partition coefficient (Wildman–Crippen LogP) is 2.10. The number of nitriles is 1. The third kappa shape index (κ3) is 5.29. The van der Waals surface area contributed by atoms with E-state index in [1.54, 1.807) is 18.1 Å². The van der Waals surface area contributed by atoms with Crippen molar-refractivity contribution < 1.29 is 23.9 Å². The van der Waals surface area contributed by atoms with Crippen LogP contribution in [-0.2, 0) is 27.2 Å². The van der Waals surface area contributed by atoms with Gasteiger partial charge < -0.3 is 19.7 Å². The molecule has 2 aliphatic heterocycles. The normalized spacial score (nSPS) is 17.8. The summed E-state index contributed by atoms with van der Waals surface area (Å²) in [6.45, 7) is 2.15. The third-order valence-corrected chi connectivity index (χ3v) is 7.18. The molecule has 1 aliphatic carbocycles. The fraction of sp³-hybridized carbons (Fsp3) is 0.462. The molecule has 3 amide bonds. The summed E-state index contributed by atoms with van der Waals surface area (Å²) in [6.07, 6.45) is 5.36. The number of fused-ring (bicyclic) bond motifs is 1. The van der Waals surface area contributed by atoms with Gasteiger partial charge in [-0.2, -0.15) is 5.26 Å². The molecular formula is C26H29N7O5. The molecule has 2 aromatic rings. The predicted molar refractivity (Wildman–Crippen MR) is 137 cm³/mol. The van der Waals surface area contributed by atoms with Gasteiger partial charge in [-0.05, 0) is 37.3 Å². The van der Waals surface area contributed by atoms with Gasteiger partial charge in [-0.1, -0.05) is 0 Å². The number of ether oxygens (including phenoxy) is 2. The number of carbonyl (C=O) groups excluding carboxylic acids is 3. The van der Waals surface area contributed by atoms with Crippen molar-refractivity contribution in [3.05, 3.63) is 40.7 Å². The molecule has 12 nitrogen and oxygen atoms in total. The Hall–Kier alpha value is -4.08. The number of hydrogen-bond acceptors (Lipinski definition) is 9. The molecule has 0 bridgehead atoms. The Kier molecular flexibility index (Phi) is 7.22. The van der Waals surface area contributed by atoms with E-state index in [0.29, 0.717) is 68.0 Å². The van der Waals surface area contributed by atoms with Crippen molar-refractivity contribution in [2.45, 2.75) is 37.8 Å². The molecule has 38 heavy (non-hydrogen) atoms. The molecule has 0 spiro atoms. The minimum absolute atomic E-state index is 0.0244. The number of aldehydes is 1. The number of pyridine rings is 2. The lowest BCUT2D eigenvalue weighted by Gasteiger charge is -2.30. The van der Waals surface area contributed by atoms with E-state index in [1.165, 1.54) is 11.1 Å². The number of nitrogens with zero attached hydrogens (tertiary/aromatic N) is 5. The first-order valence-electron chi connectivity index (χ1n) is 12.6. The smallest absolute Gasteiger partial charge is 0.328 e. The number of morpholine rings is 1. The van der Waals surface area contributed by atoms with Gasteiger partial charge in [0, 0.05) is 51.1 Å². The molecule has 2 aromatic heterocycles. The molecule has 198 valence electrons. The van der Waals surface area contributed by atoms with Gasteiger partial charge in [-0.25, -0.2) is 14.8 Å². The van der Waals surface area contributed by atoms with Gasteiger partial charge in [-0.15, -0.1) is 0 Å². The largest absolute Gasteiger partial charge is 0.381 e. The average molecular weight is 520 g/mol. The molecule has 2 N–H and O–H groups in total. The molecule has 2 fully saturated rings. The molecule has 4 heterocycles. The van der Waals surface area contributed by atoms with E-state index in [9.17, 15) is 19.6 Å². The van der Waals surface area contributed by atoms with Crippen LogP contribution in [0.2, 0.25) is 0 Å². The molecule has 5 rings (SSSR count). The van der Waals surface area contributed by atoms with Crippen molar-refractivity contribution in [3.8, 4) is 6.07 Å². The minimum Gasteiger partial charge on any atom is -0.381 e. The second-order valence-corrected chi connectivity index (χ2v) is 9.65. The molecule has 1 saturated heterocycles. The van der Waals surface area contributed by atoms with Crippen LogP contribution in [0.15, 0.2) is 18.3 Å². The molecule has 0 atom stereocenters. The van der Waals surface area contributed by atoms with Crippen LogP contribution in [0.4, 0.5) is 22.1 Å². The third-order valence-electron chi connectivity index (χ3n) is 7.18. The summed E-state index contributed by atoms with van der Waals surface area (Å²) in [6, 6.07) is 5.16. The van der Waals surface area contributed by atoms with E-state index >= 15 is 0 Å². The number of nitrogens with one attached hydrogen (secondary N) is 2. The Morgan fingerprint density at radius 1 is 1.34 bits per heavy atom. The van der Waals surface area contributed by atoms with Crippen LogP contribution in [0.3, 0.4) is 0 Å². The lowest BCUT2D eigenvalue weighted by Crippen LogP contribution is -2.42. The van der Waals surface area contributed by atoms with Crippen molar-refractivity contribution in [2.24, 2.45) is 0 Å². The summed E-state index contributed by atoms with van der Waals surface area (Å²) in [5.74, 6) is 0.560. The first-order chi connectivity index (χ1) is 18.4. The molecule has 1 saturated carbocycles. The van der Waals surface area contributed by atoms with E-state index in [4.69, 9.17) is 9.47 Å². The SMILES string of the molecule is COC1(CNc2cc(NC(=O)N3CCCc4cc(CN5CCOCC5=O)c(C=O)nc43)ncc2C#N)CC1. The van der Waals surface area contributed by atoms with Crippen molar-refractivity contribution in [2.75, 3.05) is 55.5 Å². The number of urea groups is 1. The Bertz CT molecular complexity index is 1300. The van der Waals surface area contributed by atoms with E-state index < -0.39 is 6.03 Å². The van der Waals surface area contributed by atoms with Crippen LogP contribution < -0.4 is 15.5 Å². The summed E-state index contributed by atoms with van der Waals surface area (Å²) >= 11 is 0. The highest BCUT2D eigenvalue weighted by atomic mass is 16.5. The Balaban J connectivity index is 1.33. The van der Waals surface area contributed by atoms with Crippen LogP contribution >= 0.6 is 0 Å². The highest BCUT2D eigenvalue weighted by Gasteiger charge is 2.42.